The van der Waals surface area contributed by atoms with Crippen LogP contribution >= 0.6 is 12.4 Å². The van der Waals surface area contributed by atoms with Crippen LogP contribution in [0, 0.1) is 0 Å². The number of pyridine rings is 1. The number of hydrogen-bond acceptors (Lipinski definition) is 5. The largest absolute Gasteiger partial charge is 0.368 e. The molecule has 1 unspecified atom stereocenters. The fraction of sp³-hybridized carbons (Fsp3) is 0.562. The number of amides is 2. The molecule has 1 atom stereocenters. The first-order chi connectivity index (χ1) is 11.2. The second-order valence-corrected chi connectivity index (χ2v) is 5.86. The number of hydrogen-bond donors (Lipinski definition) is 1. The van der Waals surface area contributed by atoms with E-state index in [1.807, 2.05) is 0 Å². The third kappa shape index (κ3) is 4.03. The van der Waals surface area contributed by atoms with Crippen LogP contribution in [0.4, 0.5) is 0 Å². The summed E-state index contributed by atoms with van der Waals surface area (Å²) in [7, 11) is 0. The normalized spacial score (nSPS) is 20.6. The van der Waals surface area contributed by atoms with Crippen molar-refractivity contribution in [1.29, 1.82) is 0 Å². The zero-order valence-corrected chi connectivity index (χ0v) is 14.3. The summed E-state index contributed by atoms with van der Waals surface area (Å²) in [5.41, 5.74) is 6.86. The second-order valence-electron chi connectivity index (χ2n) is 5.86. The number of nitrogens with zero attached hydrogens (tertiary/aromatic N) is 3. The molecule has 2 N–H and O–H groups in total. The lowest BCUT2D eigenvalue weighted by molar-refractivity contribution is -0.142. The average molecular weight is 355 g/mol. The summed E-state index contributed by atoms with van der Waals surface area (Å²) in [6.45, 7) is 3.17. The van der Waals surface area contributed by atoms with Crippen LogP contribution in [-0.2, 0) is 16.1 Å². The molecule has 2 saturated heterocycles. The molecular formula is C16H23ClN4O3. The Balaban J connectivity index is 0.00000208. The summed E-state index contributed by atoms with van der Waals surface area (Å²) < 4.78 is 5.45. The van der Waals surface area contributed by atoms with Gasteiger partial charge in [-0.25, -0.2) is 0 Å². The summed E-state index contributed by atoms with van der Waals surface area (Å²) in [5, 5.41) is 0. The van der Waals surface area contributed by atoms with Crippen molar-refractivity contribution in [1.82, 2.24) is 14.8 Å². The van der Waals surface area contributed by atoms with E-state index >= 15 is 0 Å². The van der Waals surface area contributed by atoms with Gasteiger partial charge in [-0.05, 0) is 25.0 Å². The van der Waals surface area contributed by atoms with Gasteiger partial charge >= 0.3 is 0 Å². The zero-order valence-electron chi connectivity index (χ0n) is 13.5. The molecule has 1 aromatic rings. The number of rotatable bonds is 3. The van der Waals surface area contributed by atoms with Gasteiger partial charge in [0.15, 0.2) is 0 Å². The van der Waals surface area contributed by atoms with Crippen LogP contribution in [0.15, 0.2) is 18.3 Å². The predicted octanol–water partition coefficient (Wildman–Crippen LogP) is 0.425. The molecule has 2 aliphatic rings. The lowest BCUT2D eigenvalue weighted by Crippen LogP contribution is -2.52. The third-order valence-corrected chi connectivity index (χ3v) is 4.36. The van der Waals surface area contributed by atoms with E-state index in [0.29, 0.717) is 50.6 Å². The minimum Gasteiger partial charge on any atom is -0.368 e. The first kappa shape index (κ1) is 18.6. The van der Waals surface area contributed by atoms with Crippen molar-refractivity contribution in [3.05, 3.63) is 29.6 Å². The maximum atomic E-state index is 12.5. The van der Waals surface area contributed by atoms with Crippen LogP contribution in [-0.4, -0.2) is 65.5 Å². The van der Waals surface area contributed by atoms with Crippen LogP contribution in [0.2, 0.25) is 0 Å². The van der Waals surface area contributed by atoms with E-state index in [-0.39, 0.29) is 30.3 Å². The summed E-state index contributed by atoms with van der Waals surface area (Å²) >= 11 is 0. The maximum Gasteiger partial charge on any atom is 0.254 e. The predicted molar refractivity (Wildman–Crippen MR) is 90.8 cm³/mol. The van der Waals surface area contributed by atoms with Gasteiger partial charge in [-0.1, -0.05) is 0 Å². The molecule has 0 spiro atoms. The Hall–Kier alpha value is -1.70. The molecule has 0 radical (unpaired) electrons. The van der Waals surface area contributed by atoms with E-state index < -0.39 is 0 Å². The summed E-state index contributed by atoms with van der Waals surface area (Å²) in [6, 6.07) is 3.43. The molecule has 2 amide bonds. The fourth-order valence-electron chi connectivity index (χ4n) is 3.01. The number of ether oxygens (including phenoxy) is 1. The molecule has 0 saturated carbocycles. The lowest BCUT2D eigenvalue weighted by Gasteiger charge is -2.35. The number of piperazine rings is 1. The summed E-state index contributed by atoms with van der Waals surface area (Å²) in [6.07, 6.45) is 3.06. The van der Waals surface area contributed by atoms with Gasteiger partial charge in [0, 0.05) is 51.1 Å². The van der Waals surface area contributed by atoms with Crippen LogP contribution < -0.4 is 5.73 Å². The Labute approximate surface area is 147 Å². The molecule has 3 rings (SSSR count). The van der Waals surface area contributed by atoms with Crippen LogP contribution in [0.5, 0.6) is 0 Å². The number of aromatic nitrogens is 1. The highest BCUT2D eigenvalue weighted by atomic mass is 35.5. The molecule has 0 aromatic carbocycles. The number of carbonyl (C=O) groups is 2. The van der Waals surface area contributed by atoms with Gasteiger partial charge in [0.1, 0.15) is 6.10 Å². The Morgan fingerprint density at radius 1 is 1.25 bits per heavy atom. The highest BCUT2D eigenvalue weighted by molar-refractivity contribution is 5.94. The molecular weight excluding hydrogens is 332 g/mol. The van der Waals surface area contributed by atoms with Gasteiger partial charge in [0.2, 0.25) is 0 Å². The highest BCUT2D eigenvalue weighted by Crippen LogP contribution is 2.16. The first-order valence-corrected chi connectivity index (χ1v) is 8.03. The topological polar surface area (TPSA) is 88.8 Å². The van der Waals surface area contributed by atoms with Crippen LogP contribution in [0.3, 0.4) is 0 Å². The van der Waals surface area contributed by atoms with E-state index in [1.54, 1.807) is 28.1 Å². The second kappa shape index (κ2) is 8.41. The van der Waals surface area contributed by atoms with Gasteiger partial charge in [-0.2, -0.15) is 0 Å². The molecule has 24 heavy (non-hydrogen) atoms. The van der Waals surface area contributed by atoms with Crippen LogP contribution in [0.25, 0.3) is 0 Å². The molecule has 7 nitrogen and oxygen atoms in total. The Bertz CT molecular complexity index is 584. The van der Waals surface area contributed by atoms with E-state index in [2.05, 4.69) is 4.98 Å². The molecule has 2 fully saturated rings. The Kier molecular flexibility index (Phi) is 6.53. The third-order valence-electron chi connectivity index (χ3n) is 4.36. The monoisotopic (exact) mass is 354 g/mol. The van der Waals surface area contributed by atoms with E-state index in [9.17, 15) is 9.59 Å². The quantitative estimate of drug-likeness (QED) is 0.850. The van der Waals surface area contributed by atoms with Crippen molar-refractivity contribution < 1.29 is 14.3 Å². The molecule has 0 bridgehead atoms. The minimum absolute atomic E-state index is 0. The van der Waals surface area contributed by atoms with Crippen molar-refractivity contribution in [2.45, 2.75) is 25.5 Å². The molecule has 8 heteroatoms. The van der Waals surface area contributed by atoms with Crippen molar-refractivity contribution in [2.24, 2.45) is 5.73 Å². The minimum atomic E-state index is -0.287. The average Bonchev–Trinajstić information content (AvgIpc) is 3.15. The molecule has 0 aliphatic carbocycles. The first-order valence-electron chi connectivity index (χ1n) is 8.03. The van der Waals surface area contributed by atoms with Crippen molar-refractivity contribution in [2.75, 3.05) is 32.8 Å². The number of carbonyl (C=O) groups excluding carboxylic acids is 2. The van der Waals surface area contributed by atoms with Crippen molar-refractivity contribution in [3.8, 4) is 0 Å². The van der Waals surface area contributed by atoms with E-state index in [1.165, 1.54) is 0 Å². The lowest BCUT2D eigenvalue weighted by atomic mass is 10.1. The van der Waals surface area contributed by atoms with E-state index in [0.717, 1.165) is 12.8 Å². The number of halogens is 1. The maximum absolute atomic E-state index is 12.5. The SMILES string of the molecule is Cl.NCc1cc(C(=O)N2CCN(C(=O)C3CCCO3)CC2)ccn1. The molecule has 132 valence electrons. The van der Waals surface area contributed by atoms with Crippen molar-refractivity contribution >= 4 is 24.2 Å². The zero-order chi connectivity index (χ0) is 16.2. The van der Waals surface area contributed by atoms with Crippen molar-refractivity contribution in [3.63, 3.8) is 0 Å². The fourth-order valence-corrected chi connectivity index (χ4v) is 3.01. The Morgan fingerprint density at radius 3 is 2.58 bits per heavy atom. The van der Waals surface area contributed by atoms with Gasteiger partial charge in [-0.3, -0.25) is 14.6 Å². The highest BCUT2D eigenvalue weighted by Gasteiger charge is 2.31. The van der Waals surface area contributed by atoms with Gasteiger partial charge in [0.25, 0.3) is 11.8 Å². The van der Waals surface area contributed by atoms with Gasteiger partial charge < -0.3 is 20.3 Å². The smallest absolute Gasteiger partial charge is 0.254 e. The molecule has 2 aliphatic heterocycles. The number of nitrogens with two attached hydrogens (primary N) is 1. The van der Waals surface area contributed by atoms with Crippen LogP contribution in [0.1, 0.15) is 28.9 Å². The van der Waals surface area contributed by atoms with E-state index in [4.69, 9.17) is 10.5 Å². The van der Waals surface area contributed by atoms with Gasteiger partial charge in [0.05, 0.1) is 5.69 Å². The summed E-state index contributed by atoms with van der Waals surface area (Å²) in [4.78, 5) is 32.5. The molecule has 1 aromatic heterocycles. The van der Waals surface area contributed by atoms with Gasteiger partial charge in [-0.15, -0.1) is 12.4 Å². The Morgan fingerprint density at radius 2 is 1.96 bits per heavy atom. The molecule has 3 heterocycles. The standard InChI is InChI=1S/C16H22N4O3.ClH/c17-11-13-10-12(3-4-18-13)15(21)19-5-7-20(8-6-19)16(22)14-2-1-9-23-14;/h3-4,10,14H,1-2,5-9,11,17H2;1H. The summed E-state index contributed by atoms with van der Waals surface area (Å²) in [5.74, 6) is 0.0234.